The van der Waals surface area contributed by atoms with Crippen LogP contribution in [0.1, 0.15) is 33.1 Å². The summed E-state index contributed by atoms with van der Waals surface area (Å²) < 4.78 is 4.98. The fraction of sp³-hybridized carbons (Fsp3) is 0.846. The first kappa shape index (κ1) is 15.0. The molecule has 0 saturated carbocycles. The van der Waals surface area contributed by atoms with Crippen molar-refractivity contribution in [1.29, 1.82) is 0 Å². The maximum Gasteiger partial charge on any atom is 0.245 e. The van der Waals surface area contributed by atoms with Crippen molar-refractivity contribution in [2.45, 2.75) is 39.2 Å². The van der Waals surface area contributed by atoms with Crippen molar-refractivity contribution >= 4 is 11.8 Å². The highest BCUT2D eigenvalue weighted by Gasteiger charge is 2.33. The molecule has 1 aliphatic heterocycles. The minimum Gasteiger partial charge on any atom is -0.385 e. The number of methoxy groups -OCH3 is 1. The molecule has 0 aromatic heterocycles. The SMILES string of the molecule is COCCCCCN1CC(=O)NC(C(C)C)C1=O. The average molecular weight is 256 g/mol. The molecule has 2 amide bonds. The second-order valence-electron chi connectivity index (χ2n) is 5.10. The zero-order valence-electron chi connectivity index (χ0n) is 11.6. The Labute approximate surface area is 109 Å². The number of carbonyl (C=O) groups is 2. The standard InChI is InChI=1S/C13H24N2O3/c1-10(2)12-13(17)15(9-11(16)14-12)7-5-4-6-8-18-3/h10,12H,4-9H2,1-3H3,(H,14,16). The van der Waals surface area contributed by atoms with Crippen LogP contribution < -0.4 is 5.32 Å². The smallest absolute Gasteiger partial charge is 0.245 e. The molecular weight excluding hydrogens is 232 g/mol. The fourth-order valence-electron chi connectivity index (χ4n) is 2.10. The van der Waals surface area contributed by atoms with Gasteiger partial charge in [-0.1, -0.05) is 13.8 Å². The number of unbranched alkanes of at least 4 members (excludes halogenated alkanes) is 2. The summed E-state index contributed by atoms with van der Waals surface area (Å²) in [5.41, 5.74) is 0. The Kier molecular flexibility index (Phi) is 6.12. The van der Waals surface area contributed by atoms with Gasteiger partial charge in [-0.2, -0.15) is 0 Å². The second-order valence-corrected chi connectivity index (χ2v) is 5.10. The van der Waals surface area contributed by atoms with Gasteiger partial charge in [0.05, 0.1) is 6.54 Å². The Morgan fingerprint density at radius 1 is 1.33 bits per heavy atom. The van der Waals surface area contributed by atoms with Crippen LogP contribution in [0.2, 0.25) is 0 Å². The number of hydrogen-bond donors (Lipinski definition) is 1. The second kappa shape index (κ2) is 7.36. The number of nitrogens with one attached hydrogen (secondary N) is 1. The fourth-order valence-corrected chi connectivity index (χ4v) is 2.10. The van der Waals surface area contributed by atoms with Crippen LogP contribution in [-0.2, 0) is 14.3 Å². The van der Waals surface area contributed by atoms with E-state index in [4.69, 9.17) is 4.74 Å². The van der Waals surface area contributed by atoms with E-state index in [2.05, 4.69) is 5.32 Å². The van der Waals surface area contributed by atoms with Crippen molar-refractivity contribution in [1.82, 2.24) is 10.2 Å². The van der Waals surface area contributed by atoms with Gasteiger partial charge in [0.15, 0.2) is 0 Å². The van der Waals surface area contributed by atoms with Gasteiger partial charge in [0.25, 0.3) is 0 Å². The maximum absolute atomic E-state index is 12.1. The van der Waals surface area contributed by atoms with Crippen molar-refractivity contribution in [2.75, 3.05) is 26.8 Å². The first-order chi connectivity index (χ1) is 8.56. The van der Waals surface area contributed by atoms with E-state index in [0.717, 1.165) is 25.9 Å². The number of carbonyl (C=O) groups excluding carboxylic acids is 2. The third-order valence-corrected chi connectivity index (χ3v) is 3.17. The number of hydrogen-bond acceptors (Lipinski definition) is 3. The zero-order chi connectivity index (χ0) is 13.5. The van der Waals surface area contributed by atoms with E-state index in [9.17, 15) is 9.59 Å². The van der Waals surface area contributed by atoms with Crippen LogP contribution in [0.25, 0.3) is 0 Å². The molecule has 0 radical (unpaired) electrons. The molecule has 1 unspecified atom stereocenters. The lowest BCUT2D eigenvalue weighted by atomic mass is 10.0. The van der Waals surface area contributed by atoms with E-state index >= 15 is 0 Å². The number of rotatable bonds is 7. The summed E-state index contributed by atoms with van der Waals surface area (Å²) in [5.74, 6) is 0.138. The van der Waals surface area contributed by atoms with E-state index in [1.807, 2.05) is 13.8 Å². The Morgan fingerprint density at radius 3 is 2.67 bits per heavy atom. The Bertz CT molecular complexity index is 292. The lowest BCUT2D eigenvalue weighted by Gasteiger charge is -2.34. The monoisotopic (exact) mass is 256 g/mol. The van der Waals surface area contributed by atoms with Crippen molar-refractivity contribution in [2.24, 2.45) is 5.92 Å². The molecule has 5 nitrogen and oxygen atoms in total. The van der Waals surface area contributed by atoms with Gasteiger partial charge in [-0.25, -0.2) is 0 Å². The van der Waals surface area contributed by atoms with Gasteiger partial charge in [-0.05, 0) is 25.2 Å². The number of piperazine rings is 1. The molecule has 18 heavy (non-hydrogen) atoms. The topological polar surface area (TPSA) is 58.6 Å². The highest BCUT2D eigenvalue weighted by atomic mass is 16.5. The molecule has 1 fully saturated rings. The normalized spacial score (nSPS) is 20.4. The van der Waals surface area contributed by atoms with Crippen LogP contribution in [0, 0.1) is 5.92 Å². The molecular formula is C13H24N2O3. The number of amides is 2. The van der Waals surface area contributed by atoms with E-state index in [1.165, 1.54) is 0 Å². The zero-order valence-corrected chi connectivity index (χ0v) is 11.6. The van der Waals surface area contributed by atoms with Gasteiger partial charge < -0.3 is 15.0 Å². The quantitative estimate of drug-likeness (QED) is 0.685. The lowest BCUT2D eigenvalue weighted by molar-refractivity contribution is -0.145. The van der Waals surface area contributed by atoms with Gasteiger partial charge >= 0.3 is 0 Å². The van der Waals surface area contributed by atoms with Gasteiger partial charge in [0, 0.05) is 20.3 Å². The highest BCUT2D eigenvalue weighted by Crippen LogP contribution is 2.11. The molecule has 1 saturated heterocycles. The summed E-state index contributed by atoms with van der Waals surface area (Å²) in [4.78, 5) is 25.3. The first-order valence-electron chi connectivity index (χ1n) is 6.63. The van der Waals surface area contributed by atoms with Crippen LogP contribution in [0.15, 0.2) is 0 Å². The van der Waals surface area contributed by atoms with E-state index in [0.29, 0.717) is 6.54 Å². The predicted octanol–water partition coefficient (Wildman–Crippen LogP) is 0.786. The Balaban J connectivity index is 2.39. The molecule has 1 rings (SSSR count). The van der Waals surface area contributed by atoms with E-state index in [1.54, 1.807) is 12.0 Å². The van der Waals surface area contributed by atoms with Crippen LogP contribution in [0.3, 0.4) is 0 Å². The van der Waals surface area contributed by atoms with Gasteiger partial charge in [0.2, 0.25) is 11.8 Å². The molecule has 1 N–H and O–H groups in total. The predicted molar refractivity (Wildman–Crippen MR) is 69.1 cm³/mol. The van der Waals surface area contributed by atoms with E-state index < -0.39 is 0 Å². The average Bonchev–Trinajstić information content (AvgIpc) is 2.32. The molecule has 0 aromatic carbocycles. The third kappa shape index (κ3) is 4.29. The molecule has 0 bridgehead atoms. The first-order valence-corrected chi connectivity index (χ1v) is 6.63. The van der Waals surface area contributed by atoms with Gasteiger partial charge in [-0.15, -0.1) is 0 Å². The van der Waals surface area contributed by atoms with Crippen molar-refractivity contribution in [3.8, 4) is 0 Å². The molecule has 1 aliphatic rings. The van der Waals surface area contributed by atoms with Gasteiger partial charge in [0.1, 0.15) is 6.04 Å². The largest absolute Gasteiger partial charge is 0.385 e. The summed E-state index contributed by atoms with van der Waals surface area (Å²) in [6.07, 6.45) is 2.94. The lowest BCUT2D eigenvalue weighted by Crippen LogP contribution is -2.59. The summed E-state index contributed by atoms with van der Waals surface area (Å²) in [6.45, 7) is 5.52. The van der Waals surface area contributed by atoms with Crippen molar-refractivity contribution in [3.05, 3.63) is 0 Å². The minimum atomic E-state index is -0.356. The third-order valence-electron chi connectivity index (χ3n) is 3.17. The minimum absolute atomic E-state index is 0.0507. The summed E-state index contributed by atoms with van der Waals surface area (Å²) >= 11 is 0. The van der Waals surface area contributed by atoms with Crippen LogP contribution in [0.4, 0.5) is 0 Å². The van der Waals surface area contributed by atoms with Gasteiger partial charge in [-0.3, -0.25) is 9.59 Å². The van der Waals surface area contributed by atoms with Crippen molar-refractivity contribution < 1.29 is 14.3 Å². The molecule has 1 atom stereocenters. The molecule has 0 aromatic rings. The van der Waals surface area contributed by atoms with Crippen LogP contribution in [-0.4, -0.2) is 49.6 Å². The summed E-state index contributed by atoms with van der Waals surface area (Å²) in [5, 5.41) is 2.76. The highest BCUT2D eigenvalue weighted by molar-refractivity contribution is 5.94. The number of nitrogens with zero attached hydrogens (tertiary/aromatic N) is 1. The Hall–Kier alpha value is -1.10. The van der Waals surface area contributed by atoms with Crippen molar-refractivity contribution in [3.63, 3.8) is 0 Å². The van der Waals surface area contributed by atoms with E-state index in [-0.39, 0.29) is 30.3 Å². The molecule has 1 heterocycles. The molecule has 0 spiro atoms. The van der Waals surface area contributed by atoms with Crippen LogP contribution in [0.5, 0.6) is 0 Å². The molecule has 0 aliphatic carbocycles. The Morgan fingerprint density at radius 2 is 2.06 bits per heavy atom. The van der Waals surface area contributed by atoms with Crippen LogP contribution >= 0.6 is 0 Å². The number of ether oxygens (including phenoxy) is 1. The molecule has 5 heteroatoms. The molecule has 104 valence electrons. The summed E-state index contributed by atoms with van der Waals surface area (Å²) in [6, 6.07) is -0.356. The summed E-state index contributed by atoms with van der Waals surface area (Å²) in [7, 11) is 1.69. The maximum atomic E-state index is 12.1.